The molecule has 3 aliphatic rings. The van der Waals surface area contributed by atoms with E-state index in [2.05, 4.69) is 18.3 Å². The summed E-state index contributed by atoms with van der Waals surface area (Å²) >= 11 is 0. The summed E-state index contributed by atoms with van der Waals surface area (Å²) in [5.41, 5.74) is 0.512. The molecule has 4 rings (SSSR count). The molecule has 3 N–H and O–H groups in total. The van der Waals surface area contributed by atoms with Crippen molar-refractivity contribution in [2.75, 3.05) is 6.61 Å². The zero-order valence-corrected chi connectivity index (χ0v) is 20.6. The van der Waals surface area contributed by atoms with Gasteiger partial charge in [0.25, 0.3) is 5.91 Å². The number of ether oxygens (including phenoxy) is 1. The molecule has 1 aromatic carbocycles. The van der Waals surface area contributed by atoms with Crippen LogP contribution in [-0.2, 0) is 20.7 Å². The van der Waals surface area contributed by atoms with Crippen LogP contribution in [0.4, 0.5) is 0 Å². The minimum Gasteiger partial charge on any atom is -0.444 e. The van der Waals surface area contributed by atoms with Crippen LogP contribution in [0.15, 0.2) is 66.3 Å². The average molecular weight is 480 g/mol. The van der Waals surface area contributed by atoms with Gasteiger partial charge in [-0.05, 0) is 48.3 Å². The van der Waals surface area contributed by atoms with E-state index in [1.54, 1.807) is 0 Å². The number of hydrogen-bond acceptors (Lipinski definition) is 5. The third-order valence-electron chi connectivity index (χ3n) is 7.90. The summed E-state index contributed by atoms with van der Waals surface area (Å²) in [6, 6.07) is 9.68. The summed E-state index contributed by atoms with van der Waals surface area (Å²) in [7, 11) is 0. The van der Waals surface area contributed by atoms with Gasteiger partial charge in [-0.3, -0.25) is 4.79 Å². The fourth-order valence-corrected chi connectivity index (χ4v) is 6.01. The predicted molar refractivity (Wildman–Crippen MR) is 134 cm³/mol. The number of carbonyl (C=O) groups is 2. The lowest BCUT2D eigenvalue weighted by molar-refractivity contribution is -0.172. The van der Waals surface area contributed by atoms with Gasteiger partial charge in [0.15, 0.2) is 0 Å². The second kappa shape index (κ2) is 10.9. The van der Waals surface area contributed by atoms with E-state index in [1.807, 2.05) is 49.4 Å². The number of amides is 1. The van der Waals surface area contributed by atoms with Gasteiger partial charge in [-0.25, -0.2) is 4.79 Å². The van der Waals surface area contributed by atoms with Gasteiger partial charge >= 0.3 is 5.97 Å². The molecule has 1 amide bonds. The van der Waals surface area contributed by atoms with Crippen molar-refractivity contribution < 1.29 is 24.5 Å². The highest BCUT2D eigenvalue weighted by Crippen LogP contribution is 2.50. The Bertz CT molecular complexity index is 1000. The van der Waals surface area contributed by atoms with Gasteiger partial charge in [-0.1, -0.05) is 75.2 Å². The maximum absolute atomic E-state index is 13.7. The number of allylic oxidation sites excluding steroid dienone is 1. The molecule has 0 aromatic heterocycles. The van der Waals surface area contributed by atoms with E-state index >= 15 is 0 Å². The quantitative estimate of drug-likeness (QED) is 0.456. The van der Waals surface area contributed by atoms with Crippen molar-refractivity contribution in [2.45, 2.75) is 63.7 Å². The van der Waals surface area contributed by atoms with E-state index < -0.39 is 23.6 Å². The van der Waals surface area contributed by atoms with E-state index in [4.69, 9.17) is 4.74 Å². The first-order chi connectivity index (χ1) is 16.8. The highest BCUT2D eigenvalue weighted by atomic mass is 16.6. The third-order valence-corrected chi connectivity index (χ3v) is 7.90. The lowest BCUT2D eigenvalue weighted by atomic mass is 9.63. The summed E-state index contributed by atoms with van der Waals surface area (Å²) in [6.07, 6.45) is 11.8. The molecular formula is C29H37NO5. The second-order valence-electron chi connectivity index (χ2n) is 10.4. The topological polar surface area (TPSA) is 95.9 Å². The predicted octanol–water partition coefficient (Wildman–Crippen LogP) is 3.49. The Morgan fingerprint density at radius 1 is 1.11 bits per heavy atom. The van der Waals surface area contributed by atoms with Crippen LogP contribution >= 0.6 is 0 Å². The summed E-state index contributed by atoms with van der Waals surface area (Å²) in [6.45, 7) is 4.06. The Morgan fingerprint density at radius 2 is 1.89 bits per heavy atom. The molecule has 35 heavy (non-hydrogen) atoms. The van der Waals surface area contributed by atoms with E-state index in [-0.39, 0.29) is 30.4 Å². The van der Waals surface area contributed by atoms with Gasteiger partial charge in [0, 0.05) is 24.0 Å². The van der Waals surface area contributed by atoms with E-state index in [1.165, 1.54) is 12.2 Å². The van der Waals surface area contributed by atoms with Crippen LogP contribution in [0.1, 0.15) is 45.1 Å². The first kappa shape index (κ1) is 25.4. The van der Waals surface area contributed by atoms with Crippen LogP contribution in [0.5, 0.6) is 0 Å². The largest absolute Gasteiger partial charge is 0.444 e. The minimum atomic E-state index is -1.42. The Morgan fingerprint density at radius 3 is 2.63 bits per heavy atom. The zero-order chi connectivity index (χ0) is 25.0. The van der Waals surface area contributed by atoms with Crippen molar-refractivity contribution in [1.82, 2.24) is 5.32 Å². The maximum Gasteiger partial charge on any atom is 0.331 e. The fraction of sp³-hybridized carbons (Fsp3) is 0.517. The van der Waals surface area contributed by atoms with Gasteiger partial charge in [0.1, 0.15) is 0 Å². The van der Waals surface area contributed by atoms with Crippen molar-refractivity contribution in [3.8, 4) is 0 Å². The molecule has 1 aliphatic carbocycles. The molecule has 6 heteroatoms. The molecule has 1 spiro atoms. The fourth-order valence-electron chi connectivity index (χ4n) is 6.01. The summed E-state index contributed by atoms with van der Waals surface area (Å²) < 4.78 is 6.10. The van der Waals surface area contributed by atoms with Crippen molar-refractivity contribution >= 4 is 11.9 Å². The molecule has 188 valence electrons. The number of rotatable bonds is 3. The maximum atomic E-state index is 13.7. The third kappa shape index (κ3) is 5.29. The molecule has 0 bridgehead atoms. The standard InChI is InChI=1S/C29H37NO5/c1-19-8-6-12-23-17-22(18-31)20(2)27-25(16-21-10-4-3-5-11-21)30-28(34)29(23,27)35-26(33)15-14-24(32)13-7-9-19/h3-6,10-12,14-15,17,19-20,23-25,27,31-32H,7-9,13,16,18H2,1-2H3,(H,30,34)/b12-6+,15-14+/t19-,20+,23-,24+,25-,27-,29+/m0/s1. The zero-order valence-electron chi connectivity index (χ0n) is 20.6. The normalized spacial score (nSPS) is 37.7. The molecule has 1 saturated heterocycles. The van der Waals surface area contributed by atoms with Crippen molar-refractivity contribution in [2.24, 2.45) is 23.7 Å². The lowest BCUT2D eigenvalue weighted by Crippen LogP contribution is -2.56. The average Bonchev–Trinajstić information content (AvgIpc) is 3.11. The second-order valence-corrected chi connectivity index (χ2v) is 10.4. The molecule has 0 saturated carbocycles. The monoisotopic (exact) mass is 479 g/mol. The molecule has 0 unspecified atom stereocenters. The van der Waals surface area contributed by atoms with Crippen LogP contribution in [0.25, 0.3) is 0 Å². The Labute approximate surface area is 207 Å². The van der Waals surface area contributed by atoms with Crippen LogP contribution in [-0.4, -0.2) is 46.4 Å². The molecule has 2 aliphatic heterocycles. The van der Waals surface area contributed by atoms with Crippen molar-refractivity contribution in [3.63, 3.8) is 0 Å². The number of hydrogen-bond donors (Lipinski definition) is 3. The first-order valence-electron chi connectivity index (χ1n) is 12.8. The highest BCUT2D eigenvalue weighted by molar-refractivity contribution is 5.94. The Balaban J connectivity index is 1.78. The van der Waals surface area contributed by atoms with Crippen molar-refractivity contribution in [1.29, 1.82) is 0 Å². The first-order valence-corrected chi connectivity index (χ1v) is 12.8. The Hall–Kier alpha value is -2.70. The molecular weight excluding hydrogens is 442 g/mol. The number of nitrogens with one attached hydrogen (secondary N) is 1. The molecule has 2 heterocycles. The van der Waals surface area contributed by atoms with Gasteiger partial charge < -0.3 is 20.3 Å². The van der Waals surface area contributed by atoms with Crippen LogP contribution in [0, 0.1) is 23.7 Å². The van der Waals surface area contributed by atoms with Gasteiger partial charge in [0.2, 0.25) is 5.60 Å². The smallest absolute Gasteiger partial charge is 0.331 e. The Kier molecular flexibility index (Phi) is 7.92. The summed E-state index contributed by atoms with van der Waals surface area (Å²) in [5, 5.41) is 23.6. The van der Waals surface area contributed by atoms with E-state index in [0.29, 0.717) is 18.8 Å². The molecule has 1 aromatic rings. The van der Waals surface area contributed by atoms with Crippen LogP contribution in [0.2, 0.25) is 0 Å². The SMILES string of the molecule is C[C@H]1C/C=C/[C@H]2C=C(CO)[C@@H](C)[C@H]3[C@H](Cc4ccccc4)NC(=O)[C@]32OC(=O)/C=C/[C@H](O)CCC1. The molecule has 7 atom stereocenters. The lowest BCUT2D eigenvalue weighted by Gasteiger charge is -2.44. The number of aliphatic hydroxyl groups is 2. The van der Waals surface area contributed by atoms with Crippen molar-refractivity contribution in [3.05, 3.63) is 71.8 Å². The molecule has 6 nitrogen and oxygen atoms in total. The van der Waals surface area contributed by atoms with Crippen LogP contribution < -0.4 is 5.32 Å². The summed E-state index contributed by atoms with van der Waals surface area (Å²) in [4.78, 5) is 26.7. The van der Waals surface area contributed by atoms with Crippen LogP contribution in [0.3, 0.4) is 0 Å². The number of benzene rings is 1. The van der Waals surface area contributed by atoms with E-state index in [9.17, 15) is 19.8 Å². The highest BCUT2D eigenvalue weighted by Gasteiger charge is 2.64. The van der Waals surface area contributed by atoms with Gasteiger partial charge in [-0.15, -0.1) is 0 Å². The minimum absolute atomic E-state index is 0.110. The molecule has 0 radical (unpaired) electrons. The number of aliphatic hydroxyl groups excluding tert-OH is 2. The van der Waals surface area contributed by atoms with E-state index in [0.717, 1.165) is 30.4 Å². The summed E-state index contributed by atoms with van der Waals surface area (Å²) in [5.74, 6) is -1.54. The molecule has 1 fully saturated rings. The number of carbonyl (C=O) groups excluding carboxylic acids is 2. The van der Waals surface area contributed by atoms with Gasteiger partial charge in [-0.2, -0.15) is 0 Å². The number of esters is 1. The van der Waals surface area contributed by atoms with Gasteiger partial charge in [0.05, 0.1) is 12.7 Å².